The minimum absolute atomic E-state index is 0.129. The number of amides is 1. The zero-order valence-electron chi connectivity index (χ0n) is 11.1. The van der Waals surface area contributed by atoms with Crippen LogP contribution in [0.25, 0.3) is 0 Å². The van der Waals surface area contributed by atoms with Crippen LogP contribution in [-0.2, 0) is 0 Å². The zero-order valence-corrected chi connectivity index (χ0v) is 14.0. The summed E-state index contributed by atoms with van der Waals surface area (Å²) >= 11 is 8.05. The van der Waals surface area contributed by atoms with Crippen LogP contribution in [0.1, 0.15) is 15.9 Å². The SMILES string of the molecule is CNc1ccc(C(=O)Nc2ccc(Cl)cc2I)cc1C. The smallest absolute Gasteiger partial charge is 0.255 e. The standard InChI is InChI=1S/C15H14ClIN2O/c1-9-7-10(3-5-13(9)18-2)15(20)19-14-6-4-11(16)8-12(14)17/h3-8,18H,1-2H3,(H,19,20). The minimum Gasteiger partial charge on any atom is -0.388 e. The number of halogens is 2. The van der Waals surface area contributed by atoms with E-state index < -0.39 is 0 Å². The summed E-state index contributed by atoms with van der Waals surface area (Å²) in [5.41, 5.74) is 3.44. The van der Waals surface area contributed by atoms with Gasteiger partial charge in [-0.05, 0) is 71.5 Å². The lowest BCUT2D eigenvalue weighted by Crippen LogP contribution is -2.13. The number of rotatable bonds is 3. The van der Waals surface area contributed by atoms with Gasteiger partial charge in [0, 0.05) is 26.9 Å². The average molecular weight is 401 g/mol. The summed E-state index contributed by atoms with van der Waals surface area (Å²) in [5.74, 6) is -0.129. The second-order valence-electron chi connectivity index (χ2n) is 4.36. The molecule has 5 heteroatoms. The van der Waals surface area contributed by atoms with Crippen molar-refractivity contribution in [1.82, 2.24) is 0 Å². The van der Waals surface area contributed by atoms with E-state index in [4.69, 9.17) is 11.6 Å². The van der Waals surface area contributed by atoms with Crippen molar-refractivity contribution in [2.24, 2.45) is 0 Å². The van der Waals surface area contributed by atoms with Crippen molar-refractivity contribution >= 4 is 51.5 Å². The van der Waals surface area contributed by atoms with Crippen molar-refractivity contribution in [3.8, 4) is 0 Å². The average Bonchev–Trinajstić information content (AvgIpc) is 2.41. The molecule has 3 nitrogen and oxygen atoms in total. The lowest BCUT2D eigenvalue weighted by atomic mass is 10.1. The Hall–Kier alpha value is -1.27. The first-order valence-corrected chi connectivity index (χ1v) is 7.51. The fourth-order valence-corrected chi connectivity index (χ4v) is 2.88. The predicted molar refractivity (Wildman–Crippen MR) is 92.8 cm³/mol. The molecule has 2 rings (SSSR count). The van der Waals surface area contributed by atoms with Crippen molar-refractivity contribution in [3.05, 3.63) is 56.1 Å². The second-order valence-corrected chi connectivity index (χ2v) is 5.96. The molecule has 0 bridgehead atoms. The molecule has 0 unspecified atom stereocenters. The van der Waals surface area contributed by atoms with Gasteiger partial charge in [-0.3, -0.25) is 4.79 Å². The number of carbonyl (C=O) groups excluding carboxylic acids is 1. The topological polar surface area (TPSA) is 41.1 Å². The first-order valence-electron chi connectivity index (χ1n) is 6.06. The van der Waals surface area contributed by atoms with Crippen LogP contribution in [0, 0.1) is 10.5 Å². The van der Waals surface area contributed by atoms with Gasteiger partial charge in [0.15, 0.2) is 0 Å². The Morgan fingerprint density at radius 2 is 1.85 bits per heavy atom. The molecule has 2 aromatic carbocycles. The molecule has 0 atom stereocenters. The molecule has 1 amide bonds. The lowest BCUT2D eigenvalue weighted by molar-refractivity contribution is 0.102. The Kier molecular flexibility index (Phi) is 4.88. The van der Waals surface area contributed by atoms with Gasteiger partial charge in [0.1, 0.15) is 0 Å². The quantitative estimate of drug-likeness (QED) is 0.742. The van der Waals surface area contributed by atoms with Gasteiger partial charge >= 0.3 is 0 Å². The summed E-state index contributed by atoms with van der Waals surface area (Å²) in [6, 6.07) is 10.9. The maximum atomic E-state index is 12.2. The highest BCUT2D eigenvalue weighted by atomic mass is 127. The van der Waals surface area contributed by atoms with E-state index in [-0.39, 0.29) is 5.91 Å². The maximum Gasteiger partial charge on any atom is 0.255 e. The van der Waals surface area contributed by atoms with E-state index in [1.807, 2.05) is 32.2 Å². The highest BCUT2D eigenvalue weighted by Crippen LogP contribution is 2.23. The first-order chi connectivity index (χ1) is 9.51. The molecule has 0 radical (unpaired) electrons. The van der Waals surface area contributed by atoms with Gasteiger partial charge in [-0.1, -0.05) is 11.6 Å². The highest BCUT2D eigenvalue weighted by Gasteiger charge is 2.09. The van der Waals surface area contributed by atoms with E-state index in [1.165, 1.54) is 0 Å². The van der Waals surface area contributed by atoms with Gasteiger partial charge in [0.25, 0.3) is 5.91 Å². The summed E-state index contributed by atoms with van der Waals surface area (Å²) in [4.78, 5) is 12.2. The number of hydrogen-bond acceptors (Lipinski definition) is 2. The third-order valence-corrected chi connectivity index (χ3v) is 4.06. The number of aryl methyl sites for hydroxylation is 1. The van der Waals surface area contributed by atoms with Gasteiger partial charge in [-0.25, -0.2) is 0 Å². The van der Waals surface area contributed by atoms with Crippen molar-refractivity contribution in [3.63, 3.8) is 0 Å². The molecule has 2 aromatic rings. The van der Waals surface area contributed by atoms with Gasteiger partial charge in [0.2, 0.25) is 0 Å². The third-order valence-electron chi connectivity index (χ3n) is 2.94. The fraction of sp³-hybridized carbons (Fsp3) is 0.133. The minimum atomic E-state index is -0.129. The Morgan fingerprint density at radius 1 is 1.15 bits per heavy atom. The van der Waals surface area contributed by atoms with Gasteiger partial charge in [-0.2, -0.15) is 0 Å². The van der Waals surface area contributed by atoms with Crippen LogP contribution in [0.2, 0.25) is 5.02 Å². The van der Waals surface area contributed by atoms with Gasteiger partial charge < -0.3 is 10.6 Å². The molecular formula is C15H14ClIN2O. The number of benzene rings is 2. The molecule has 0 aliphatic heterocycles. The van der Waals surface area contributed by atoms with Crippen LogP contribution in [0.5, 0.6) is 0 Å². The fourth-order valence-electron chi connectivity index (χ4n) is 1.87. The molecule has 0 saturated heterocycles. The van der Waals surface area contributed by atoms with E-state index in [9.17, 15) is 4.79 Å². The lowest BCUT2D eigenvalue weighted by Gasteiger charge is -2.10. The Morgan fingerprint density at radius 3 is 2.45 bits per heavy atom. The van der Waals surface area contributed by atoms with Crippen molar-refractivity contribution in [2.45, 2.75) is 6.92 Å². The summed E-state index contributed by atoms with van der Waals surface area (Å²) in [6.07, 6.45) is 0. The largest absolute Gasteiger partial charge is 0.388 e. The van der Waals surface area contributed by atoms with Crippen LogP contribution < -0.4 is 10.6 Å². The zero-order chi connectivity index (χ0) is 14.7. The maximum absolute atomic E-state index is 12.2. The summed E-state index contributed by atoms with van der Waals surface area (Å²) < 4.78 is 0.909. The van der Waals surface area contributed by atoms with Crippen LogP contribution in [0.3, 0.4) is 0 Å². The van der Waals surface area contributed by atoms with Crippen LogP contribution in [0.4, 0.5) is 11.4 Å². The van der Waals surface area contributed by atoms with Gasteiger partial charge in [0.05, 0.1) is 5.69 Å². The monoisotopic (exact) mass is 400 g/mol. The van der Waals surface area contributed by atoms with E-state index in [1.54, 1.807) is 18.2 Å². The summed E-state index contributed by atoms with van der Waals surface area (Å²) in [5, 5.41) is 6.63. The summed E-state index contributed by atoms with van der Waals surface area (Å²) in [6.45, 7) is 1.97. The van der Waals surface area contributed by atoms with Crippen LogP contribution >= 0.6 is 34.2 Å². The van der Waals surface area contributed by atoms with Crippen molar-refractivity contribution < 1.29 is 4.79 Å². The van der Waals surface area contributed by atoms with E-state index in [0.717, 1.165) is 20.5 Å². The highest BCUT2D eigenvalue weighted by molar-refractivity contribution is 14.1. The molecule has 0 saturated carbocycles. The molecule has 0 spiro atoms. The Bertz CT molecular complexity index is 658. The molecule has 0 aliphatic rings. The van der Waals surface area contributed by atoms with Crippen LogP contribution in [0.15, 0.2) is 36.4 Å². The van der Waals surface area contributed by atoms with E-state index in [2.05, 4.69) is 33.2 Å². The number of hydrogen-bond donors (Lipinski definition) is 2. The first kappa shape index (κ1) is 15.1. The van der Waals surface area contributed by atoms with E-state index >= 15 is 0 Å². The molecule has 0 heterocycles. The van der Waals surface area contributed by atoms with Crippen LogP contribution in [-0.4, -0.2) is 13.0 Å². The van der Waals surface area contributed by atoms with E-state index in [0.29, 0.717) is 10.6 Å². The summed E-state index contributed by atoms with van der Waals surface area (Å²) in [7, 11) is 1.86. The predicted octanol–water partition coefficient (Wildman–Crippen LogP) is 4.55. The molecule has 0 aliphatic carbocycles. The third kappa shape index (κ3) is 3.43. The van der Waals surface area contributed by atoms with Crippen molar-refractivity contribution in [2.75, 3.05) is 17.7 Å². The second kappa shape index (κ2) is 6.45. The van der Waals surface area contributed by atoms with Gasteiger partial charge in [-0.15, -0.1) is 0 Å². The number of anilines is 2. The number of carbonyl (C=O) groups is 1. The number of nitrogens with one attached hydrogen (secondary N) is 2. The van der Waals surface area contributed by atoms with Crippen molar-refractivity contribution in [1.29, 1.82) is 0 Å². The molecular weight excluding hydrogens is 387 g/mol. The Balaban J connectivity index is 2.21. The normalized spacial score (nSPS) is 10.2. The molecule has 20 heavy (non-hydrogen) atoms. The molecule has 0 fully saturated rings. The molecule has 2 N–H and O–H groups in total. The Labute approximate surface area is 136 Å². The molecule has 104 valence electrons. The molecule has 0 aromatic heterocycles.